The zero-order valence-electron chi connectivity index (χ0n) is 8.28. The van der Waals surface area contributed by atoms with Crippen molar-refractivity contribution in [2.24, 2.45) is 0 Å². The molecule has 0 fully saturated rings. The maximum atomic E-state index is 12.9. The molecule has 1 aromatic carbocycles. The highest BCUT2D eigenvalue weighted by molar-refractivity contribution is 5.89. The lowest BCUT2D eigenvalue weighted by atomic mass is 10.3. The Hall–Kier alpha value is -2.24. The number of aromatic nitrogens is 2. The second-order valence-electron chi connectivity index (χ2n) is 3.07. The van der Waals surface area contributed by atoms with E-state index in [1.807, 2.05) is 0 Å². The summed E-state index contributed by atoms with van der Waals surface area (Å²) >= 11 is 0. The van der Waals surface area contributed by atoms with Gasteiger partial charge in [-0.05, 0) is 12.1 Å². The van der Waals surface area contributed by atoms with Crippen LogP contribution in [0.25, 0.3) is 11.0 Å². The standard InChI is InChI=1S/C10H7FN2O3/c1-16-10(15)8-9(14)13-6-3-2-5(11)4-7(6)12-8/h2-4H,1H3,(H,13,14). The predicted molar refractivity (Wildman–Crippen MR) is 53.7 cm³/mol. The minimum Gasteiger partial charge on any atom is -0.464 e. The third-order valence-electron chi connectivity index (χ3n) is 2.03. The molecule has 0 saturated carbocycles. The lowest BCUT2D eigenvalue weighted by Gasteiger charge is -2.00. The Morgan fingerprint density at radius 3 is 2.94 bits per heavy atom. The number of rotatable bonds is 1. The van der Waals surface area contributed by atoms with Crippen LogP contribution in [0.5, 0.6) is 0 Å². The number of nitrogens with zero attached hydrogens (tertiary/aromatic N) is 1. The Bertz CT molecular complexity index is 621. The maximum absolute atomic E-state index is 12.9. The van der Waals surface area contributed by atoms with Gasteiger partial charge in [-0.25, -0.2) is 14.2 Å². The van der Waals surface area contributed by atoms with E-state index in [4.69, 9.17) is 0 Å². The van der Waals surface area contributed by atoms with Crippen LogP contribution in [0.2, 0.25) is 0 Å². The number of carbonyl (C=O) groups is 1. The van der Waals surface area contributed by atoms with Crippen LogP contribution in [0, 0.1) is 5.82 Å². The fraction of sp³-hybridized carbons (Fsp3) is 0.100. The van der Waals surface area contributed by atoms with Crippen molar-refractivity contribution in [3.8, 4) is 0 Å². The number of esters is 1. The van der Waals surface area contributed by atoms with Gasteiger partial charge in [0.15, 0.2) is 0 Å². The summed E-state index contributed by atoms with van der Waals surface area (Å²) in [5.41, 5.74) is -0.495. The Kier molecular flexibility index (Phi) is 2.40. The van der Waals surface area contributed by atoms with E-state index in [1.165, 1.54) is 12.1 Å². The number of aromatic amines is 1. The summed E-state index contributed by atoms with van der Waals surface area (Å²) in [5, 5.41) is 0. The summed E-state index contributed by atoms with van der Waals surface area (Å²) in [5.74, 6) is -1.35. The molecule has 5 nitrogen and oxygen atoms in total. The van der Waals surface area contributed by atoms with Crippen molar-refractivity contribution in [3.63, 3.8) is 0 Å². The van der Waals surface area contributed by atoms with Crippen LogP contribution in [0.15, 0.2) is 23.0 Å². The number of nitrogens with one attached hydrogen (secondary N) is 1. The molecule has 0 bridgehead atoms. The lowest BCUT2D eigenvalue weighted by molar-refractivity contribution is 0.0592. The smallest absolute Gasteiger partial charge is 0.362 e. The fourth-order valence-electron chi connectivity index (χ4n) is 1.29. The van der Waals surface area contributed by atoms with E-state index in [1.54, 1.807) is 0 Å². The normalized spacial score (nSPS) is 10.4. The summed E-state index contributed by atoms with van der Waals surface area (Å²) in [6.07, 6.45) is 0. The molecular formula is C10H7FN2O3. The first-order chi connectivity index (χ1) is 7.61. The molecule has 0 atom stereocenters. The maximum Gasteiger partial charge on any atom is 0.362 e. The summed E-state index contributed by atoms with van der Waals surface area (Å²) in [6, 6.07) is 3.69. The third-order valence-corrected chi connectivity index (χ3v) is 2.03. The highest BCUT2D eigenvalue weighted by Gasteiger charge is 2.13. The minimum atomic E-state index is -0.854. The topological polar surface area (TPSA) is 72.0 Å². The Balaban J connectivity index is 2.74. The first kappa shape index (κ1) is 10.3. The van der Waals surface area contributed by atoms with Crippen molar-refractivity contribution in [1.29, 1.82) is 0 Å². The average Bonchev–Trinajstić information content (AvgIpc) is 2.28. The largest absolute Gasteiger partial charge is 0.464 e. The van der Waals surface area contributed by atoms with Gasteiger partial charge in [-0.15, -0.1) is 0 Å². The molecule has 0 spiro atoms. The van der Waals surface area contributed by atoms with E-state index in [0.29, 0.717) is 5.52 Å². The lowest BCUT2D eigenvalue weighted by Crippen LogP contribution is -2.21. The molecule has 0 radical (unpaired) electrons. The number of benzene rings is 1. The molecule has 1 aromatic heterocycles. The molecule has 0 unspecified atom stereocenters. The van der Waals surface area contributed by atoms with Crippen LogP contribution < -0.4 is 5.56 Å². The molecule has 0 amide bonds. The number of fused-ring (bicyclic) bond motifs is 1. The van der Waals surface area contributed by atoms with Gasteiger partial charge in [0.05, 0.1) is 18.1 Å². The average molecular weight is 222 g/mol. The van der Waals surface area contributed by atoms with Crippen LogP contribution in [0.3, 0.4) is 0 Å². The van der Waals surface area contributed by atoms with Crippen LogP contribution in [0.1, 0.15) is 10.5 Å². The third kappa shape index (κ3) is 1.65. The molecule has 82 valence electrons. The van der Waals surface area contributed by atoms with Crippen LogP contribution in [-0.2, 0) is 4.74 Å². The number of carbonyl (C=O) groups excluding carboxylic acids is 1. The van der Waals surface area contributed by atoms with Gasteiger partial charge in [0, 0.05) is 6.07 Å². The van der Waals surface area contributed by atoms with Gasteiger partial charge in [-0.2, -0.15) is 0 Å². The number of hydrogen-bond acceptors (Lipinski definition) is 4. The number of methoxy groups -OCH3 is 1. The van der Waals surface area contributed by atoms with Crippen LogP contribution in [-0.4, -0.2) is 23.0 Å². The van der Waals surface area contributed by atoms with Crippen molar-refractivity contribution in [1.82, 2.24) is 9.97 Å². The molecule has 16 heavy (non-hydrogen) atoms. The van der Waals surface area contributed by atoms with Gasteiger partial charge in [0.25, 0.3) is 5.56 Å². The first-order valence-corrected chi connectivity index (χ1v) is 4.39. The summed E-state index contributed by atoms with van der Waals surface area (Å²) < 4.78 is 17.3. The van der Waals surface area contributed by atoms with E-state index in [2.05, 4.69) is 14.7 Å². The highest BCUT2D eigenvalue weighted by Crippen LogP contribution is 2.09. The van der Waals surface area contributed by atoms with E-state index in [0.717, 1.165) is 13.2 Å². The molecule has 2 aromatic rings. The number of halogens is 1. The van der Waals surface area contributed by atoms with Crippen molar-refractivity contribution in [2.75, 3.05) is 7.11 Å². The summed E-state index contributed by atoms with van der Waals surface area (Å²) in [7, 11) is 1.14. The SMILES string of the molecule is COC(=O)c1nc2cc(F)ccc2[nH]c1=O. The van der Waals surface area contributed by atoms with E-state index < -0.39 is 17.3 Å². The van der Waals surface area contributed by atoms with Gasteiger partial charge in [-0.3, -0.25) is 4.79 Å². The molecule has 1 N–H and O–H groups in total. The highest BCUT2D eigenvalue weighted by atomic mass is 19.1. The Morgan fingerprint density at radius 2 is 2.25 bits per heavy atom. The van der Waals surface area contributed by atoms with E-state index >= 15 is 0 Å². The fourth-order valence-corrected chi connectivity index (χ4v) is 1.29. The zero-order chi connectivity index (χ0) is 11.7. The minimum absolute atomic E-state index is 0.194. The molecule has 0 aliphatic rings. The second kappa shape index (κ2) is 3.73. The second-order valence-corrected chi connectivity index (χ2v) is 3.07. The van der Waals surface area contributed by atoms with E-state index in [9.17, 15) is 14.0 Å². The van der Waals surface area contributed by atoms with Gasteiger partial charge in [0.2, 0.25) is 5.69 Å². The Labute approximate surface area is 88.9 Å². The van der Waals surface area contributed by atoms with Crippen LogP contribution >= 0.6 is 0 Å². The number of H-pyrrole nitrogens is 1. The van der Waals surface area contributed by atoms with Crippen molar-refractivity contribution >= 4 is 17.0 Å². The summed E-state index contributed by atoms with van der Waals surface area (Å²) in [4.78, 5) is 28.7. The van der Waals surface area contributed by atoms with Crippen molar-refractivity contribution < 1.29 is 13.9 Å². The quantitative estimate of drug-likeness (QED) is 0.726. The molecule has 0 aliphatic heterocycles. The molecule has 2 rings (SSSR count). The monoisotopic (exact) mass is 222 g/mol. The molecule has 0 saturated heterocycles. The molecule has 0 aliphatic carbocycles. The zero-order valence-corrected chi connectivity index (χ0v) is 8.28. The first-order valence-electron chi connectivity index (χ1n) is 4.39. The number of ether oxygens (including phenoxy) is 1. The number of hydrogen-bond donors (Lipinski definition) is 1. The predicted octanol–water partition coefficient (Wildman–Crippen LogP) is 0.849. The summed E-state index contributed by atoms with van der Waals surface area (Å²) in [6.45, 7) is 0. The van der Waals surface area contributed by atoms with Gasteiger partial charge in [0.1, 0.15) is 5.82 Å². The van der Waals surface area contributed by atoms with Crippen molar-refractivity contribution in [2.45, 2.75) is 0 Å². The molecule has 6 heteroatoms. The molecular weight excluding hydrogens is 215 g/mol. The van der Waals surface area contributed by atoms with Crippen LogP contribution in [0.4, 0.5) is 4.39 Å². The Morgan fingerprint density at radius 1 is 1.50 bits per heavy atom. The van der Waals surface area contributed by atoms with Gasteiger partial charge >= 0.3 is 5.97 Å². The van der Waals surface area contributed by atoms with Gasteiger partial charge < -0.3 is 9.72 Å². The van der Waals surface area contributed by atoms with Crippen molar-refractivity contribution in [3.05, 3.63) is 40.1 Å². The van der Waals surface area contributed by atoms with Gasteiger partial charge in [-0.1, -0.05) is 0 Å². The van der Waals surface area contributed by atoms with E-state index in [-0.39, 0.29) is 11.2 Å². The molecule has 1 heterocycles.